The fraction of sp³-hybridized carbons (Fsp3) is 0.167. The van der Waals surface area contributed by atoms with Gasteiger partial charge in [-0.3, -0.25) is 0 Å². The summed E-state index contributed by atoms with van der Waals surface area (Å²) >= 11 is 7.65. The van der Waals surface area contributed by atoms with Crippen molar-refractivity contribution in [1.82, 2.24) is 10.3 Å². The Balaban J connectivity index is 1.35. The van der Waals surface area contributed by atoms with Crippen LogP contribution in [0.15, 0.2) is 48.5 Å². The zero-order chi connectivity index (χ0) is 17.1. The first-order chi connectivity index (χ1) is 12.3. The third kappa shape index (κ3) is 3.87. The summed E-state index contributed by atoms with van der Waals surface area (Å²) < 4.78 is 16.4. The molecule has 0 spiro atoms. The molecule has 2 heterocycles. The Labute approximate surface area is 154 Å². The van der Waals surface area contributed by atoms with Crippen molar-refractivity contribution in [1.29, 1.82) is 0 Å². The van der Waals surface area contributed by atoms with Crippen molar-refractivity contribution in [3.05, 3.63) is 64.1 Å². The second-order valence-electron chi connectivity index (χ2n) is 5.40. The number of thiazole rings is 1. The van der Waals surface area contributed by atoms with Crippen molar-refractivity contribution in [3.63, 3.8) is 0 Å². The number of rotatable bonds is 6. The van der Waals surface area contributed by atoms with Crippen LogP contribution in [0, 0.1) is 0 Å². The van der Waals surface area contributed by atoms with Gasteiger partial charge in [-0.1, -0.05) is 47.2 Å². The first-order valence-corrected chi connectivity index (χ1v) is 8.95. The Hall–Kier alpha value is -2.28. The monoisotopic (exact) mass is 374 g/mol. The molecule has 2 aromatic carbocycles. The molecule has 128 valence electrons. The molecule has 0 fully saturated rings. The smallest absolute Gasteiger partial charge is 0.280 e. The first-order valence-electron chi connectivity index (χ1n) is 7.75. The fourth-order valence-corrected chi connectivity index (χ4v) is 3.53. The van der Waals surface area contributed by atoms with Crippen molar-refractivity contribution in [2.24, 2.45) is 0 Å². The minimum atomic E-state index is 0.285. The predicted molar refractivity (Wildman–Crippen MR) is 96.7 cm³/mol. The Bertz CT molecular complexity index is 870. The van der Waals surface area contributed by atoms with E-state index in [1.165, 1.54) is 11.3 Å². The maximum absolute atomic E-state index is 6.21. The number of halogens is 1. The molecule has 1 aliphatic heterocycles. The highest BCUT2D eigenvalue weighted by molar-refractivity contribution is 7.14. The van der Waals surface area contributed by atoms with Crippen LogP contribution >= 0.6 is 22.9 Å². The Morgan fingerprint density at radius 3 is 2.80 bits per heavy atom. The van der Waals surface area contributed by atoms with Crippen LogP contribution in [-0.4, -0.2) is 11.8 Å². The average Bonchev–Trinajstić information content (AvgIpc) is 3.22. The summed E-state index contributed by atoms with van der Waals surface area (Å²) in [5.41, 5.74) is 1.12. The molecule has 0 radical (unpaired) electrons. The van der Waals surface area contributed by atoms with E-state index < -0.39 is 0 Å². The molecule has 0 unspecified atom stereocenters. The normalized spacial score (nSPS) is 12.4. The zero-order valence-electron chi connectivity index (χ0n) is 13.2. The van der Waals surface area contributed by atoms with Crippen LogP contribution in [0.5, 0.6) is 22.4 Å². The lowest BCUT2D eigenvalue weighted by Crippen LogP contribution is -2.11. The lowest BCUT2D eigenvalue weighted by atomic mass is 10.2. The average molecular weight is 375 g/mol. The number of aromatic nitrogens is 1. The van der Waals surface area contributed by atoms with E-state index >= 15 is 0 Å². The van der Waals surface area contributed by atoms with Gasteiger partial charge in [0.2, 0.25) is 6.79 Å². The third-order valence-electron chi connectivity index (χ3n) is 3.63. The Kier molecular flexibility index (Phi) is 4.74. The third-order valence-corrected chi connectivity index (χ3v) is 4.99. The molecule has 0 saturated heterocycles. The van der Waals surface area contributed by atoms with E-state index in [1.54, 1.807) is 0 Å². The SMILES string of the molecule is Clc1nc(Oc2ccccc2)sc1CNCc1ccc2c(c1)OCO2. The lowest BCUT2D eigenvalue weighted by molar-refractivity contribution is 0.174. The molecule has 7 heteroatoms. The van der Waals surface area contributed by atoms with Gasteiger partial charge in [0.15, 0.2) is 11.5 Å². The van der Waals surface area contributed by atoms with E-state index in [1.807, 2.05) is 48.5 Å². The second-order valence-corrected chi connectivity index (χ2v) is 6.80. The quantitative estimate of drug-likeness (QED) is 0.683. The van der Waals surface area contributed by atoms with Crippen molar-refractivity contribution < 1.29 is 14.2 Å². The van der Waals surface area contributed by atoms with E-state index in [0.717, 1.165) is 27.7 Å². The summed E-state index contributed by atoms with van der Waals surface area (Å²) in [7, 11) is 0. The van der Waals surface area contributed by atoms with Gasteiger partial charge < -0.3 is 19.5 Å². The molecule has 4 rings (SSSR count). The zero-order valence-corrected chi connectivity index (χ0v) is 14.8. The van der Waals surface area contributed by atoms with Gasteiger partial charge in [-0.25, -0.2) is 0 Å². The summed E-state index contributed by atoms with van der Waals surface area (Å²) in [4.78, 5) is 5.20. The first kappa shape index (κ1) is 16.2. The van der Waals surface area contributed by atoms with Crippen LogP contribution in [0.3, 0.4) is 0 Å². The number of nitrogens with zero attached hydrogens (tertiary/aromatic N) is 1. The molecule has 0 aliphatic carbocycles. The molecule has 1 N–H and O–H groups in total. The number of hydrogen-bond acceptors (Lipinski definition) is 6. The predicted octanol–water partition coefficient (Wildman–Crippen LogP) is 4.61. The van der Waals surface area contributed by atoms with E-state index in [2.05, 4.69) is 10.3 Å². The van der Waals surface area contributed by atoms with Gasteiger partial charge >= 0.3 is 0 Å². The topological polar surface area (TPSA) is 52.6 Å². The van der Waals surface area contributed by atoms with Crippen LogP contribution in [0.1, 0.15) is 10.4 Å². The van der Waals surface area contributed by atoms with Gasteiger partial charge in [-0.2, -0.15) is 4.98 Å². The van der Waals surface area contributed by atoms with E-state index in [4.69, 9.17) is 25.8 Å². The molecule has 3 aromatic rings. The minimum absolute atomic E-state index is 0.285. The summed E-state index contributed by atoms with van der Waals surface area (Å²) in [5.74, 6) is 2.32. The van der Waals surface area contributed by atoms with Crippen LogP contribution in [0.4, 0.5) is 0 Å². The van der Waals surface area contributed by atoms with Crippen molar-refractivity contribution in [2.45, 2.75) is 13.1 Å². The summed E-state index contributed by atoms with van der Waals surface area (Å²) in [6.45, 7) is 1.59. The van der Waals surface area contributed by atoms with E-state index in [-0.39, 0.29) is 6.79 Å². The molecule has 0 amide bonds. The van der Waals surface area contributed by atoms with Crippen LogP contribution in [0.25, 0.3) is 0 Å². The Morgan fingerprint density at radius 1 is 1.08 bits per heavy atom. The largest absolute Gasteiger partial charge is 0.454 e. The summed E-state index contributed by atoms with van der Waals surface area (Å²) in [6.07, 6.45) is 0. The highest BCUT2D eigenvalue weighted by atomic mass is 35.5. The van der Waals surface area contributed by atoms with Gasteiger partial charge in [0.25, 0.3) is 5.19 Å². The highest BCUT2D eigenvalue weighted by Crippen LogP contribution is 2.33. The molecule has 1 aliphatic rings. The van der Waals surface area contributed by atoms with Crippen molar-refractivity contribution in [3.8, 4) is 22.4 Å². The maximum atomic E-state index is 6.21. The highest BCUT2D eigenvalue weighted by Gasteiger charge is 2.14. The second kappa shape index (κ2) is 7.31. The number of hydrogen-bond donors (Lipinski definition) is 1. The summed E-state index contributed by atoms with van der Waals surface area (Å²) in [6, 6.07) is 15.4. The number of para-hydroxylation sites is 1. The van der Waals surface area contributed by atoms with Crippen LogP contribution < -0.4 is 19.5 Å². The molecular weight excluding hydrogens is 360 g/mol. The number of fused-ring (bicyclic) bond motifs is 1. The van der Waals surface area contributed by atoms with Gasteiger partial charge in [0, 0.05) is 13.1 Å². The number of benzene rings is 2. The molecular formula is C18H15ClN2O3S. The Morgan fingerprint density at radius 2 is 1.92 bits per heavy atom. The van der Waals surface area contributed by atoms with E-state index in [0.29, 0.717) is 23.4 Å². The molecule has 0 saturated carbocycles. The molecule has 0 bridgehead atoms. The van der Waals surface area contributed by atoms with Gasteiger partial charge in [0.1, 0.15) is 10.9 Å². The maximum Gasteiger partial charge on any atom is 0.280 e. The number of nitrogens with one attached hydrogen (secondary N) is 1. The summed E-state index contributed by atoms with van der Waals surface area (Å²) in [5, 5.41) is 4.37. The molecule has 1 aromatic heterocycles. The van der Waals surface area contributed by atoms with E-state index in [9.17, 15) is 0 Å². The van der Waals surface area contributed by atoms with Crippen LogP contribution in [0.2, 0.25) is 5.15 Å². The van der Waals surface area contributed by atoms with Crippen molar-refractivity contribution >= 4 is 22.9 Å². The van der Waals surface area contributed by atoms with Gasteiger partial charge in [-0.05, 0) is 29.8 Å². The van der Waals surface area contributed by atoms with Gasteiger partial charge in [0.05, 0.1) is 4.88 Å². The van der Waals surface area contributed by atoms with Gasteiger partial charge in [-0.15, -0.1) is 0 Å². The standard InChI is InChI=1S/C18H15ClN2O3S/c19-17-16(25-18(21-17)24-13-4-2-1-3-5-13)10-20-9-12-6-7-14-15(8-12)23-11-22-14/h1-8,20H,9-11H2. The molecule has 25 heavy (non-hydrogen) atoms. The lowest BCUT2D eigenvalue weighted by Gasteiger charge is -2.04. The minimum Gasteiger partial charge on any atom is -0.454 e. The molecule has 5 nitrogen and oxygen atoms in total. The molecule has 0 atom stereocenters. The number of ether oxygens (including phenoxy) is 3. The van der Waals surface area contributed by atoms with Crippen LogP contribution in [-0.2, 0) is 13.1 Å². The fourth-order valence-electron chi connectivity index (χ4n) is 2.43. The van der Waals surface area contributed by atoms with Crippen molar-refractivity contribution in [2.75, 3.05) is 6.79 Å².